The van der Waals surface area contributed by atoms with Crippen LogP contribution in [0.15, 0.2) is 73.7 Å². The first kappa shape index (κ1) is 41.3. The Labute approximate surface area is 342 Å². The van der Waals surface area contributed by atoms with E-state index in [4.69, 9.17) is 22.9 Å². The third kappa shape index (κ3) is 7.87. The Bertz CT molecular complexity index is 2360. The highest BCUT2D eigenvalue weighted by Crippen LogP contribution is 2.45. The summed E-state index contributed by atoms with van der Waals surface area (Å²) in [6.07, 6.45) is 1.00. The van der Waals surface area contributed by atoms with E-state index in [9.17, 15) is 9.36 Å². The lowest BCUT2D eigenvalue weighted by atomic mass is 10.1. The molecule has 2 fully saturated rings. The molecule has 3 aliphatic rings. The van der Waals surface area contributed by atoms with Crippen molar-refractivity contribution in [3.8, 4) is 0 Å². The maximum atomic E-state index is 17.0. The van der Waals surface area contributed by atoms with Crippen LogP contribution in [0.5, 0.6) is 0 Å². The van der Waals surface area contributed by atoms with Crippen molar-refractivity contribution in [1.82, 2.24) is 34.1 Å². The summed E-state index contributed by atoms with van der Waals surface area (Å²) in [7, 11) is -5.56. The quantitative estimate of drug-likeness (QED) is 0.0986. The minimum absolute atomic E-state index is 0.132. The van der Waals surface area contributed by atoms with Gasteiger partial charge < -0.3 is 18.5 Å². The number of carbonyl (C=O) groups is 1. The molecule has 0 spiro atoms. The molecule has 1 unspecified atom stereocenters. The van der Waals surface area contributed by atoms with Gasteiger partial charge in [-0.25, -0.2) is 33.7 Å². The molecule has 0 aliphatic carbocycles. The summed E-state index contributed by atoms with van der Waals surface area (Å²) in [5.74, 6) is -0.0970. The largest absolute Gasteiger partial charge is 0.697 e. The van der Waals surface area contributed by atoms with Crippen LogP contribution in [0.25, 0.3) is 22.2 Å². The zero-order valence-corrected chi connectivity index (χ0v) is 35.6. The summed E-state index contributed by atoms with van der Waals surface area (Å²) in [5, 5.41) is 0.438. The van der Waals surface area contributed by atoms with Gasteiger partial charge in [0.15, 0.2) is 56.2 Å². The molecule has 9 atom stereocenters. The molecule has 0 saturated carbocycles. The van der Waals surface area contributed by atoms with Crippen LogP contribution < -0.4 is 4.90 Å². The molecule has 2 saturated heterocycles. The Morgan fingerprint density at radius 1 is 0.949 bits per heavy atom. The van der Waals surface area contributed by atoms with Crippen LogP contribution in [0.4, 0.5) is 14.6 Å². The number of allylic oxidation sites excluding steroid dienone is 1. The molecule has 8 rings (SSSR count). The van der Waals surface area contributed by atoms with Crippen LogP contribution in [-0.2, 0) is 33.9 Å². The van der Waals surface area contributed by atoms with E-state index < -0.39 is 72.4 Å². The van der Waals surface area contributed by atoms with E-state index in [1.54, 1.807) is 35.0 Å². The molecule has 1 amide bonds. The van der Waals surface area contributed by atoms with Gasteiger partial charge in [-0.05, 0) is 55.6 Å². The van der Waals surface area contributed by atoms with Crippen LogP contribution in [0.1, 0.15) is 69.0 Å². The molecule has 0 N–H and O–H groups in total. The standard InChI is InChI=1S/C40H48F2N8O7PSi/c1-7-27-32-29(41)38(54-27)49-19-17-25-26(43-21-44-34(25)49)16-12-9-13-18-48(37(51)24-14-10-8-11-15-24)35-31-36(46-22-45-35)50(23-47-31)39-30(42)33(57-59(5,6)40(2,3)4)28(55-39)20-53-58(52)56-32/h8-11,13-15,17,19,21-23,27-30,32-33,38-39H,7,12,16,18,20H2,1-6H3/q+1/b13-9+/t27-,28-,29-,30-,32-,33-,38-,39-/m1/s1. The highest BCUT2D eigenvalue weighted by molar-refractivity contribution is 7.33. The predicted octanol–water partition coefficient (Wildman–Crippen LogP) is 7.75. The third-order valence-electron chi connectivity index (χ3n) is 11.7. The van der Waals surface area contributed by atoms with E-state index in [1.807, 2.05) is 65.1 Å². The van der Waals surface area contributed by atoms with Crippen molar-refractivity contribution in [2.24, 2.45) is 0 Å². The number of aryl methyl sites for hydroxylation is 1. The Kier molecular flexibility index (Phi) is 11.6. The number of hydrogen-bond donors (Lipinski definition) is 0. The maximum absolute atomic E-state index is 17.0. The molecular formula is C40H48F2N8O7PSi+. The fourth-order valence-electron chi connectivity index (χ4n) is 7.52. The summed E-state index contributed by atoms with van der Waals surface area (Å²) >= 11 is 0. The Balaban J connectivity index is 1.19. The zero-order chi connectivity index (χ0) is 41.6. The van der Waals surface area contributed by atoms with Crippen LogP contribution in [0.3, 0.4) is 0 Å². The van der Waals surface area contributed by atoms with E-state index >= 15 is 8.78 Å². The maximum Gasteiger partial charge on any atom is 0.697 e. The monoisotopic (exact) mass is 849 g/mol. The number of hydrogen-bond acceptors (Lipinski definition) is 12. The SMILES string of the molecule is CC[C@H]1O[C@@H]2[C@H](F)[C@@H]1O[P+](=O)OC[C@H]1O[C@H]([C@H](F)[C@@H]1O[Si](C)(C)C(C)(C)C)n1cnc3c(ncnc31)N(C(=O)c1ccccc1)C/C=C/CCc1ncnc3c1ccn32. The van der Waals surface area contributed by atoms with Crippen molar-refractivity contribution in [3.05, 3.63) is 85.0 Å². The number of fused-ring (bicyclic) bond motifs is 6. The molecule has 12 bridgehead atoms. The highest BCUT2D eigenvalue weighted by Gasteiger charge is 2.54. The molecule has 4 aromatic heterocycles. The Morgan fingerprint density at radius 2 is 1.69 bits per heavy atom. The fraction of sp³-hybridized carbons (Fsp3) is 0.500. The van der Waals surface area contributed by atoms with Crippen LogP contribution in [-0.4, -0.2) is 98.2 Å². The number of carbonyl (C=O) groups excluding carboxylic acids is 1. The number of halogens is 2. The highest BCUT2D eigenvalue weighted by atomic mass is 31.1. The van der Waals surface area contributed by atoms with Gasteiger partial charge in [0.05, 0.1) is 18.1 Å². The van der Waals surface area contributed by atoms with Gasteiger partial charge in [0.1, 0.15) is 37.1 Å². The minimum Gasteiger partial charge on any atom is -0.408 e. The first-order valence-corrected chi connectivity index (χ1v) is 23.8. The fourth-order valence-corrected chi connectivity index (χ4v) is 9.61. The van der Waals surface area contributed by atoms with Crippen molar-refractivity contribution >= 4 is 50.5 Å². The van der Waals surface area contributed by atoms with Gasteiger partial charge in [-0.15, -0.1) is 9.05 Å². The summed E-state index contributed by atoms with van der Waals surface area (Å²) < 4.78 is 80.6. The van der Waals surface area contributed by atoms with Crippen molar-refractivity contribution < 1.29 is 41.1 Å². The lowest BCUT2D eigenvalue weighted by Gasteiger charge is -2.39. The minimum atomic E-state index is -2.93. The van der Waals surface area contributed by atoms with Gasteiger partial charge in [-0.1, -0.05) is 58.0 Å². The molecule has 15 nitrogen and oxygen atoms in total. The second kappa shape index (κ2) is 16.6. The van der Waals surface area contributed by atoms with E-state index in [0.717, 1.165) is 11.1 Å². The number of anilines is 1. The van der Waals surface area contributed by atoms with Crippen LogP contribution in [0, 0.1) is 0 Å². The zero-order valence-electron chi connectivity index (χ0n) is 33.7. The van der Waals surface area contributed by atoms with Crippen molar-refractivity contribution in [1.29, 1.82) is 0 Å². The number of aromatic nitrogens is 7. The molecule has 7 heterocycles. The normalized spacial score (nSPS) is 28.4. The topological polar surface area (TPSA) is 158 Å². The van der Waals surface area contributed by atoms with E-state index in [-0.39, 0.29) is 34.5 Å². The third-order valence-corrected chi connectivity index (χ3v) is 17.0. The summed E-state index contributed by atoms with van der Waals surface area (Å²) in [5.41, 5.74) is 2.14. The number of imidazole rings is 1. The average Bonchev–Trinajstić information content (AvgIpc) is 3.99. The van der Waals surface area contributed by atoms with Gasteiger partial charge in [0.25, 0.3) is 5.91 Å². The molecule has 0 radical (unpaired) electrons. The van der Waals surface area contributed by atoms with Crippen molar-refractivity contribution in [2.45, 2.75) is 114 Å². The van der Waals surface area contributed by atoms with Gasteiger partial charge in [-0.3, -0.25) is 14.3 Å². The van der Waals surface area contributed by atoms with E-state index in [1.165, 1.54) is 28.4 Å². The van der Waals surface area contributed by atoms with Gasteiger partial charge in [-0.2, -0.15) is 0 Å². The summed E-state index contributed by atoms with van der Waals surface area (Å²) in [6, 6.07) is 10.6. The Hall–Kier alpha value is -4.42. The lowest BCUT2D eigenvalue weighted by molar-refractivity contribution is -0.0434. The number of nitrogens with zero attached hydrogens (tertiary/aromatic N) is 8. The van der Waals surface area contributed by atoms with Gasteiger partial charge >= 0.3 is 8.25 Å². The lowest BCUT2D eigenvalue weighted by Crippen LogP contribution is -2.49. The average molecular weight is 850 g/mol. The second-order valence-corrected chi connectivity index (χ2v) is 22.1. The smallest absolute Gasteiger partial charge is 0.408 e. The molecule has 59 heavy (non-hydrogen) atoms. The second-order valence-electron chi connectivity index (χ2n) is 16.5. The number of rotatable bonds is 4. The summed E-state index contributed by atoms with van der Waals surface area (Å²) in [4.78, 5) is 38.2. The first-order valence-electron chi connectivity index (χ1n) is 19.8. The van der Waals surface area contributed by atoms with Gasteiger partial charge in [0, 0.05) is 28.3 Å². The number of benzene rings is 1. The molecule has 5 aromatic rings. The van der Waals surface area contributed by atoms with Crippen molar-refractivity contribution in [2.75, 3.05) is 18.1 Å². The molecule has 1 aromatic carbocycles. The molecule has 19 heteroatoms. The van der Waals surface area contributed by atoms with E-state index in [2.05, 4.69) is 24.9 Å². The van der Waals surface area contributed by atoms with Crippen LogP contribution in [0.2, 0.25) is 18.1 Å². The number of alkyl halides is 2. The first-order chi connectivity index (χ1) is 28.3. The van der Waals surface area contributed by atoms with Gasteiger partial charge in [0.2, 0.25) is 0 Å². The predicted molar refractivity (Wildman–Crippen MR) is 217 cm³/mol. The molecule has 312 valence electrons. The molecular weight excluding hydrogens is 802 g/mol. The van der Waals surface area contributed by atoms with Crippen LogP contribution >= 0.6 is 8.25 Å². The summed E-state index contributed by atoms with van der Waals surface area (Å²) in [6.45, 7) is 11.7. The molecule has 3 aliphatic heterocycles. The number of amides is 1. The van der Waals surface area contributed by atoms with E-state index in [0.29, 0.717) is 30.5 Å². The number of ether oxygens (including phenoxy) is 2. The Morgan fingerprint density at radius 3 is 2.46 bits per heavy atom. The van der Waals surface area contributed by atoms with Crippen molar-refractivity contribution in [3.63, 3.8) is 0 Å².